The first-order valence-corrected chi connectivity index (χ1v) is 7.28. The molecule has 0 saturated heterocycles. The molecule has 0 heterocycles. The van der Waals surface area contributed by atoms with E-state index in [0.29, 0.717) is 23.6 Å². The molecule has 1 aromatic carbocycles. The summed E-state index contributed by atoms with van der Waals surface area (Å²) in [6, 6.07) is 4.61. The van der Waals surface area contributed by atoms with Gasteiger partial charge in [0, 0.05) is 11.7 Å². The second-order valence-electron chi connectivity index (χ2n) is 5.94. The summed E-state index contributed by atoms with van der Waals surface area (Å²) < 4.78 is 13.7. The molecule has 1 aliphatic carbocycles. The third-order valence-electron chi connectivity index (χ3n) is 4.23. The zero-order chi connectivity index (χ0) is 14.7. The fourth-order valence-corrected chi connectivity index (χ4v) is 3.13. The van der Waals surface area contributed by atoms with Gasteiger partial charge in [0.15, 0.2) is 0 Å². The number of rotatable bonds is 4. The molecule has 0 aliphatic heterocycles. The van der Waals surface area contributed by atoms with E-state index in [0.717, 1.165) is 6.42 Å². The first-order valence-electron chi connectivity index (χ1n) is 7.28. The lowest BCUT2D eigenvalue weighted by Crippen LogP contribution is -2.35. The van der Waals surface area contributed by atoms with Gasteiger partial charge in [0.25, 0.3) is 0 Å². The van der Waals surface area contributed by atoms with Crippen molar-refractivity contribution in [2.24, 2.45) is 11.8 Å². The minimum Gasteiger partial charge on any atom is -0.478 e. The lowest BCUT2D eigenvalue weighted by molar-refractivity contribution is 0.0692. The Morgan fingerprint density at radius 3 is 2.65 bits per heavy atom. The molecule has 1 saturated carbocycles. The number of carboxylic acids is 1. The van der Waals surface area contributed by atoms with E-state index in [4.69, 9.17) is 5.11 Å². The van der Waals surface area contributed by atoms with Crippen molar-refractivity contribution in [3.8, 4) is 0 Å². The Labute approximate surface area is 119 Å². The number of carbonyl (C=O) groups is 1. The highest BCUT2D eigenvalue weighted by Crippen LogP contribution is 2.32. The summed E-state index contributed by atoms with van der Waals surface area (Å²) in [5, 5.41) is 12.2. The standard InChI is InChI=1S/C16H22FNO2/c1-10(2)12-5-3-4-6-15(12)18-11-7-8-13(16(19)20)14(17)9-11/h7-10,12,15,18H,3-6H2,1-2H3,(H,19,20). The highest BCUT2D eigenvalue weighted by Gasteiger charge is 2.27. The van der Waals surface area contributed by atoms with Crippen molar-refractivity contribution in [3.05, 3.63) is 29.6 Å². The van der Waals surface area contributed by atoms with E-state index in [2.05, 4.69) is 19.2 Å². The van der Waals surface area contributed by atoms with E-state index in [1.54, 1.807) is 6.07 Å². The van der Waals surface area contributed by atoms with Gasteiger partial charge in [0.2, 0.25) is 0 Å². The minimum absolute atomic E-state index is 0.278. The maximum atomic E-state index is 13.7. The van der Waals surface area contributed by atoms with Crippen LogP contribution in [0.3, 0.4) is 0 Å². The Morgan fingerprint density at radius 1 is 1.35 bits per heavy atom. The van der Waals surface area contributed by atoms with Crippen LogP contribution in [0.5, 0.6) is 0 Å². The fraction of sp³-hybridized carbons (Fsp3) is 0.562. The summed E-state index contributed by atoms with van der Waals surface area (Å²) in [5.41, 5.74) is 0.393. The molecule has 4 heteroatoms. The Kier molecular flexibility index (Phi) is 4.63. The maximum Gasteiger partial charge on any atom is 0.338 e. The smallest absolute Gasteiger partial charge is 0.338 e. The van der Waals surface area contributed by atoms with Gasteiger partial charge in [-0.15, -0.1) is 0 Å². The molecule has 2 atom stereocenters. The van der Waals surface area contributed by atoms with Gasteiger partial charge < -0.3 is 10.4 Å². The molecular weight excluding hydrogens is 257 g/mol. The highest BCUT2D eigenvalue weighted by atomic mass is 19.1. The van der Waals surface area contributed by atoms with Crippen molar-refractivity contribution < 1.29 is 14.3 Å². The minimum atomic E-state index is -1.23. The van der Waals surface area contributed by atoms with E-state index >= 15 is 0 Å². The van der Waals surface area contributed by atoms with Crippen LogP contribution in [0, 0.1) is 17.7 Å². The highest BCUT2D eigenvalue weighted by molar-refractivity contribution is 5.88. The number of carboxylic acid groups (broad SMARTS) is 1. The average Bonchev–Trinajstić information content (AvgIpc) is 2.38. The molecule has 20 heavy (non-hydrogen) atoms. The Hall–Kier alpha value is -1.58. The van der Waals surface area contributed by atoms with Gasteiger partial charge in [0.05, 0.1) is 5.56 Å². The predicted octanol–water partition coefficient (Wildman–Crippen LogP) is 4.15. The Bertz CT molecular complexity index is 487. The molecule has 0 bridgehead atoms. The van der Waals surface area contributed by atoms with Gasteiger partial charge in [-0.05, 0) is 42.9 Å². The number of benzene rings is 1. The molecular formula is C16H22FNO2. The van der Waals surface area contributed by atoms with Gasteiger partial charge in [-0.25, -0.2) is 9.18 Å². The largest absolute Gasteiger partial charge is 0.478 e. The normalized spacial score (nSPS) is 22.8. The lowest BCUT2D eigenvalue weighted by atomic mass is 9.78. The van der Waals surface area contributed by atoms with Crippen molar-refractivity contribution >= 4 is 11.7 Å². The van der Waals surface area contributed by atoms with Gasteiger partial charge in [-0.3, -0.25) is 0 Å². The van der Waals surface area contributed by atoms with Gasteiger partial charge in [0.1, 0.15) is 5.82 Å². The Balaban J connectivity index is 2.12. The van der Waals surface area contributed by atoms with Crippen LogP contribution in [0.25, 0.3) is 0 Å². The monoisotopic (exact) mass is 279 g/mol. The predicted molar refractivity (Wildman–Crippen MR) is 77.6 cm³/mol. The average molecular weight is 279 g/mol. The first-order chi connectivity index (χ1) is 9.49. The van der Waals surface area contributed by atoms with Crippen LogP contribution in [0.15, 0.2) is 18.2 Å². The molecule has 110 valence electrons. The van der Waals surface area contributed by atoms with E-state index < -0.39 is 11.8 Å². The topological polar surface area (TPSA) is 49.3 Å². The molecule has 3 nitrogen and oxygen atoms in total. The van der Waals surface area contributed by atoms with Crippen molar-refractivity contribution in [3.63, 3.8) is 0 Å². The van der Waals surface area contributed by atoms with E-state index in [1.165, 1.54) is 31.4 Å². The molecule has 1 fully saturated rings. The molecule has 1 aromatic rings. The fourth-order valence-electron chi connectivity index (χ4n) is 3.13. The molecule has 1 aliphatic rings. The van der Waals surface area contributed by atoms with Crippen LogP contribution in [0.4, 0.5) is 10.1 Å². The van der Waals surface area contributed by atoms with E-state index in [1.807, 2.05) is 0 Å². The van der Waals surface area contributed by atoms with Crippen LogP contribution < -0.4 is 5.32 Å². The zero-order valence-corrected chi connectivity index (χ0v) is 12.0. The van der Waals surface area contributed by atoms with Crippen molar-refractivity contribution in [1.29, 1.82) is 0 Å². The summed E-state index contributed by atoms with van der Waals surface area (Å²) in [7, 11) is 0. The molecule has 2 rings (SSSR count). The van der Waals surface area contributed by atoms with Gasteiger partial charge in [-0.1, -0.05) is 26.7 Å². The lowest BCUT2D eigenvalue weighted by Gasteiger charge is -2.35. The van der Waals surface area contributed by atoms with Crippen LogP contribution in [-0.4, -0.2) is 17.1 Å². The molecule has 2 unspecified atom stereocenters. The van der Waals surface area contributed by atoms with Crippen LogP contribution in [0.2, 0.25) is 0 Å². The number of anilines is 1. The van der Waals surface area contributed by atoms with Crippen LogP contribution >= 0.6 is 0 Å². The molecule has 0 amide bonds. The number of aromatic carboxylic acids is 1. The maximum absolute atomic E-state index is 13.7. The summed E-state index contributed by atoms with van der Waals surface area (Å²) in [4.78, 5) is 10.8. The molecule has 2 N–H and O–H groups in total. The summed E-state index contributed by atoms with van der Waals surface area (Å²) in [6.07, 6.45) is 4.74. The quantitative estimate of drug-likeness (QED) is 0.870. The zero-order valence-electron chi connectivity index (χ0n) is 12.0. The van der Waals surface area contributed by atoms with Gasteiger partial charge >= 0.3 is 5.97 Å². The second kappa shape index (κ2) is 6.25. The number of hydrogen-bond acceptors (Lipinski definition) is 2. The first kappa shape index (κ1) is 14.8. The van der Waals surface area contributed by atoms with Crippen LogP contribution in [0.1, 0.15) is 49.9 Å². The van der Waals surface area contributed by atoms with Crippen molar-refractivity contribution in [1.82, 2.24) is 0 Å². The van der Waals surface area contributed by atoms with Gasteiger partial charge in [-0.2, -0.15) is 0 Å². The van der Waals surface area contributed by atoms with E-state index in [-0.39, 0.29) is 5.56 Å². The summed E-state index contributed by atoms with van der Waals surface area (Å²) >= 11 is 0. The summed E-state index contributed by atoms with van der Waals surface area (Å²) in [6.45, 7) is 4.44. The number of nitrogens with one attached hydrogen (secondary N) is 1. The molecule has 0 radical (unpaired) electrons. The molecule has 0 aromatic heterocycles. The van der Waals surface area contributed by atoms with Crippen LogP contribution in [-0.2, 0) is 0 Å². The van der Waals surface area contributed by atoms with Crippen molar-refractivity contribution in [2.45, 2.75) is 45.6 Å². The third kappa shape index (κ3) is 3.30. The second-order valence-corrected chi connectivity index (χ2v) is 5.94. The SMILES string of the molecule is CC(C)C1CCCCC1Nc1ccc(C(=O)O)c(F)c1. The number of halogens is 1. The van der Waals surface area contributed by atoms with Crippen molar-refractivity contribution in [2.75, 3.05) is 5.32 Å². The summed E-state index contributed by atoms with van der Waals surface area (Å²) in [5.74, 6) is -0.729. The Morgan fingerprint density at radius 2 is 2.05 bits per heavy atom. The number of hydrogen-bond donors (Lipinski definition) is 2. The molecule has 0 spiro atoms. The van der Waals surface area contributed by atoms with E-state index in [9.17, 15) is 9.18 Å². The third-order valence-corrected chi connectivity index (χ3v) is 4.23.